The highest BCUT2D eigenvalue weighted by atomic mass is 79.9. The first-order valence-corrected chi connectivity index (χ1v) is 5.28. The number of methoxy groups -OCH3 is 1. The van der Waals surface area contributed by atoms with Gasteiger partial charge in [-0.25, -0.2) is 4.79 Å². The van der Waals surface area contributed by atoms with E-state index in [4.69, 9.17) is 4.74 Å². The van der Waals surface area contributed by atoms with Gasteiger partial charge in [0.1, 0.15) is 5.75 Å². The van der Waals surface area contributed by atoms with Gasteiger partial charge in [-0.2, -0.15) is 0 Å². The van der Waals surface area contributed by atoms with E-state index in [9.17, 15) is 4.79 Å². The summed E-state index contributed by atoms with van der Waals surface area (Å²) in [4.78, 5) is 11.2. The lowest BCUT2D eigenvalue weighted by atomic mass is 10.2. The second-order valence-electron chi connectivity index (χ2n) is 3.48. The van der Waals surface area contributed by atoms with E-state index in [0.29, 0.717) is 11.3 Å². The summed E-state index contributed by atoms with van der Waals surface area (Å²) in [5, 5.41) is 0. The van der Waals surface area contributed by atoms with E-state index in [1.807, 2.05) is 13.8 Å². The van der Waals surface area contributed by atoms with E-state index in [-0.39, 0.29) is 5.97 Å². The molecule has 0 bridgehead atoms. The summed E-state index contributed by atoms with van der Waals surface area (Å²) in [6.07, 6.45) is 0. The van der Waals surface area contributed by atoms with Gasteiger partial charge in [0.05, 0.1) is 12.7 Å². The molecule has 0 spiro atoms. The number of esters is 1. The number of hydrogen-bond acceptors (Lipinski definition) is 3. The van der Waals surface area contributed by atoms with Gasteiger partial charge in [-0.15, -0.1) is 0 Å². The fourth-order valence-electron chi connectivity index (χ4n) is 1.08. The second kappa shape index (κ2) is 4.66. The maximum absolute atomic E-state index is 11.2. The molecule has 82 valence electrons. The predicted molar refractivity (Wildman–Crippen MR) is 61.4 cm³/mol. The summed E-state index contributed by atoms with van der Waals surface area (Å²) >= 11 is 3.36. The Labute approximate surface area is 97.5 Å². The van der Waals surface area contributed by atoms with Crippen LogP contribution in [0.25, 0.3) is 0 Å². The molecule has 1 rings (SSSR count). The fraction of sp³-hybridized carbons (Fsp3) is 0.364. The van der Waals surface area contributed by atoms with Crippen molar-refractivity contribution in [2.75, 3.05) is 7.11 Å². The fourth-order valence-corrected chi connectivity index (χ4v) is 1.27. The first-order chi connectivity index (χ1) is 6.92. The van der Waals surface area contributed by atoms with Crippen LogP contribution >= 0.6 is 15.9 Å². The Bertz CT molecular complexity index is 355. The molecule has 15 heavy (non-hydrogen) atoms. The van der Waals surface area contributed by atoms with E-state index in [0.717, 1.165) is 0 Å². The third-order valence-corrected chi connectivity index (χ3v) is 1.78. The monoisotopic (exact) mass is 272 g/mol. The quantitative estimate of drug-likeness (QED) is 0.627. The average Bonchev–Trinajstić information content (AvgIpc) is 2.14. The highest BCUT2D eigenvalue weighted by molar-refractivity contribution is 9.10. The van der Waals surface area contributed by atoms with Gasteiger partial charge in [-0.3, -0.25) is 0 Å². The smallest absolute Gasteiger partial charge is 0.337 e. The molecular formula is C11H13BrO3. The van der Waals surface area contributed by atoms with Gasteiger partial charge in [-0.05, 0) is 48.0 Å². The first kappa shape index (κ1) is 12.0. The van der Waals surface area contributed by atoms with Crippen molar-refractivity contribution in [3.05, 3.63) is 29.8 Å². The van der Waals surface area contributed by atoms with Gasteiger partial charge in [0.25, 0.3) is 0 Å². The first-order valence-electron chi connectivity index (χ1n) is 4.49. The maximum Gasteiger partial charge on any atom is 0.337 e. The minimum Gasteiger partial charge on any atom is -0.477 e. The molecule has 0 aliphatic rings. The van der Waals surface area contributed by atoms with Gasteiger partial charge in [0, 0.05) is 0 Å². The van der Waals surface area contributed by atoms with Crippen molar-refractivity contribution < 1.29 is 14.3 Å². The van der Waals surface area contributed by atoms with E-state index in [1.54, 1.807) is 24.3 Å². The van der Waals surface area contributed by atoms with Gasteiger partial charge >= 0.3 is 5.97 Å². The number of alkyl halides is 1. The highest BCUT2D eigenvalue weighted by Crippen LogP contribution is 2.23. The Morgan fingerprint density at radius 1 is 1.40 bits per heavy atom. The van der Waals surface area contributed by atoms with Gasteiger partial charge in [0.2, 0.25) is 0 Å². The highest BCUT2D eigenvalue weighted by Gasteiger charge is 2.15. The summed E-state index contributed by atoms with van der Waals surface area (Å²) in [6.45, 7) is 3.75. The van der Waals surface area contributed by atoms with Crippen LogP contribution in [0.5, 0.6) is 5.75 Å². The molecule has 0 aliphatic carbocycles. The maximum atomic E-state index is 11.2. The normalized spacial score (nSPS) is 10.9. The molecule has 0 fully saturated rings. The lowest BCUT2D eigenvalue weighted by Gasteiger charge is -2.19. The van der Waals surface area contributed by atoms with Crippen molar-refractivity contribution in [1.29, 1.82) is 0 Å². The molecule has 0 saturated carbocycles. The largest absolute Gasteiger partial charge is 0.477 e. The SMILES string of the molecule is COC(=O)c1cccc(OC(C)(C)Br)c1. The number of hydrogen-bond donors (Lipinski definition) is 0. The predicted octanol–water partition coefficient (Wildman–Crippen LogP) is 2.98. The molecule has 1 aromatic carbocycles. The molecular weight excluding hydrogens is 260 g/mol. The zero-order valence-corrected chi connectivity index (χ0v) is 10.5. The lowest BCUT2D eigenvalue weighted by Crippen LogP contribution is -2.18. The van der Waals surface area contributed by atoms with Crippen LogP contribution in [0.4, 0.5) is 0 Å². The molecule has 0 atom stereocenters. The number of rotatable bonds is 3. The Hall–Kier alpha value is -1.03. The molecule has 0 aromatic heterocycles. The average molecular weight is 273 g/mol. The number of benzene rings is 1. The molecule has 0 unspecified atom stereocenters. The molecule has 0 amide bonds. The van der Waals surface area contributed by atoms with Crippen molar-refractivity contribution >= 4 is 21.9 Å². The molecule has 0 heterocycles. The summed E-state index contributed by atoms with van der Waals surface area (Å²) in [5.74, 6) is 0.257. The van der Waals surface area contributed by atoms with E-state index >= 15 is 0 Å². The van der Waals surface area contributed by atoms with Gasteiger partial charge < -0.3 is 9.47 Å². The molecule has 0 N–H and O–H groups in total. The van der Waals surface area contributed by atoms with Crippen molar-refractivity contribution in [3.8, 4) is 5.75 Å². The summed E-state index contributed by atoms with van der Waals surface area (Å²) in [5.41, 5.74) is 0.478. The van der Waals surface area contributed by atoms with Crippen molar-refractivity contribution in [1.82, 2.24) is 0 Å². The number of ether oxygens (including phenoxy) is 2. The van der Waals surface area contributed by atoms with E-state index in [1.165, 1.54) is 7.11 Å². The lowest BCUT2D eigenvalue weighted by molar-refractivity contribution is 0.0600. The second-order valence-corrected chi connectivity index (χ2v) is 5.39. The Morgan fingerprint density at radius 2 is 2.07 bits per heavy atom. The van der Waals surface area contributed by atoms with Crippen LogP contribution < -0.4 is 4.74 Å². The van der Waals surface area contributed by atoms with Crippen LogP contribution in [0.3, 0.4) is 0 Å². The summed E-state index contributed by atoms with van der Waals surface area (Å²) < 4.78 is 9.70. The van der Waals surface area contributed by atoms with E-state index < -0.39 is 4.51 Å². The molecule has 0 aliphatic heterocycles. The van der Waals surface area contributed by atoms with Crippen LogP contribution in [-0.4, -0.2) is 17.6 Å². The van der Waals surface area contributed by atoms with E-state index in [2.05, 4.69) is 20.7 Å². The van der Waals surface area contributed by atoms with Crippen LogP contribution in [0.2, 0.25) is 0 Å². The van der Waals surface area contributed by atoms with Crippen LogP contribution in [0, 0.1) is 0 Å². The van der Waals surface area contributed by atoms with Crippen molar-refractivity contribution in [2.45, 2.75) is 18.4 Å². The van der Waals surface area contributed by atoms with Crippen LogP contribution in [-0.2, 0) is 4.74 Å². The van der Waals surface area contributed by atoms with Crippen LogP contribution in [0.15, 0.2) is 24.3 Å². The standard InChI is InChI=1S/C11H13BrO3/c1-11(2,12)15-9-6-4-5-8(7-9)10(13)14-3/h4-7H,1-3H3. The van der Waals surface area contributed by atoms with Gasteiger partial charge in [-0.1, -0.05) is 6.07 Å². The molecule has 0 radical (unpaired) electrons. The minimum absolute atomic E-state index is 0.368. The zero-order valence-electron chi connectivity index (χ0n) is 8.91. The Morgan fingerprint density at radius 3 is 2.60 bits per heavy atom. The molecule has 0 saturated heterocycles. The van der Waals surface area contributed by atoms with Crippen molar-refractivity contribution in [3.63, 3.8) is 0 Å². The van der Waals surface area contributed by atoms with Crippen LogP contribution in [0.1, 0.15) is 24.2 Å². The molecule has 1 aromatic rings. The minimum atomic E-state index is -0.457. The zero-order chi connectivity index (χ0) is 11.5. The Kier molecular flexibility index (Phi) is 3.74. The summed E-state index contributed by atoms with van der Waals surface area (Å²) in [7, 11) is 1.35. The van der Waals surface area contributed by atoms with Gasteiger partial charge in [0.15, 0.2) is 4.51 Å². The van der Waals surface area contributed by atoms with Crippen molar-refractivity contribution in [2.24, 2.45) is 0 Å². The topological polar surface area (TPSA) is 35.5 Å². The molecule has 4 heteroatoms. The molecule has 3 nitrogen and oxygen atoms in total. The number of carbonyl (C=O) groups excluding carboxylic acids is 1. The third-order valence-electron chi connectivity index (χ3n) is 1.62. The number of halogens is 1. The number of carbonyl (C=O) groups is 1. The third kappa shape index (κ3) is 3.91. The summed E-state index contributed by atoms with van der Waals surface area (Å²) in [6, 6.07) is 6.87. The Balaban J connectivity index is 2.88.